The van der Waals surface area contributed by atoms with E-state index in [4.69, 9.17) is 4.74 Å². The Labute approximate surface area is 169 Å². The predicted octanol–water partition coefficient (Wildman–Crippen LogP) is 2.47. The molecule has 1 amide bonds. The molecule has 4 rings (SSSR count). The van der Waals surface area contributed by atoms with Crippen LogP contribution in [0, 0.1) is 5.82 Å². The van der Waals surface area contributed by atoms with Crippen molar-refractivity contribution in [2.24, 2.45) is 0 Å². The van der Waals surface area contributed by atoms with E-state index < -0.39 is 15.8 Å². The van der Waals surface area contributed by atoms with E-state index in [1.165, 1.54) is 29.1 Å². The van der Waals surface area contributed by atoms with Crippen LogP contribution in [0.5, 0.6) is 5.75 Å². The number of rotatable bonds is 4. The van der Waals surface area contributed by atoms with Gasteiger partial charge in [-0.1, -0.05) is 6.07 Å². The van der Waals surface area contributed by atoms with Crippen molar-refractivity contribution >= 4 is 15.9 Å². The van der Waals surface area contributed by atoms with Crippen LogP contribution < -0.4 is 4.74 Å². The third-order valence-electron chi connectivity index (χ3n) is 5.63. The van der Waals surface area contributed by atoms with Crippen LogP contribution in [-0.4, -0.2) is 56.8 Å². The molecule has 2 aliphatic rings. The number of carbonyl (C=O) groups is 1. The third-order valence-corrected chi connectivity index (χ3v) is 7.53. The molecule has 6 nitrogen and oxygen atoms in total. The van der Waals surface area contributed by atoms with Crippen molar-refractivity contribution in [3.05, 3.63) is 58.9 Å². The number of aryl methyl sites for hydroxylation is 2. The molecule has 1 fully saturated rings. The number of piperazine rings is 1. The second kappa shape index (κ2) is 7.76. The summed E-state index contributed by atoms with van der Waals surface area (Å²) in [4.78, 5) is 14.5. The van der Waals surface area contributed by atoms with E-state index in [0.717, 1.165) is 30.9 Å². The van der Waals surface area contributed by atoms with Crippen LogP contribution in [0.3, 0.4) is 0 Å². The molecule has 1 aliphatic heterocycles. The van der Waals surface area contributed by atoms with Gasteiger partial charge in [-0.3, -0.25) is 4.79 Å². The number of benzene rings is 2. The highest BCUT2D eigenvalue weighted by Crippen LogP contribution is 2.27. The quantitative estimate of drug-likeness (QED) is 0.765. The second-order valence-electron chi connectivity index (χ2n) is 7.33. The number of ether oxygens (including phenoxy) is 1. The number of hydrogen-bond donors (Lipinski definition) is 0. The number of nitrogens with zero attached hydrogens (tertiary/aromatic N) is 2. The highest BCUT2D eigenvalue weighted by Gasteiger charge is 2.31. The zero-order valence-corrected chi connectivity index (χ0v) is 17.0. The molecule has 0 radical (unpaired) electrons. The van der Waals surface area contributed by atoms with Crippen LogP contribution in [0.25, 0.3) is 0 Å². The van der Waals surface area contributed by atoms with Crippen molar-refractivity contribution < 1.29 is 22.3 Å². The fourth-order valence-electron chi connectivity index (χ4n) is 3.97. The number of hydrogen-bond acceptors (Lipinski definition) is 4. The van der Waals surface area contributed by atoms with Crippen molar-refractivity contribution in [2.75, 3.05) is 33.3 Å². The van der Waals surface area contributed by atoms with Gasteiger partial charge in [-0.25, -0.2) is 12.8 Å². The highest BCUT2D eigenvalue weighted by atomic mass is 32.2. The molecule has 0 unspecified atom stereocenters. The Balaban J connectivity index is 1.45. The minimum absolute atomic E-state index is 0.0757. The van der Waals surface area contributed by atoms with Gasteiger partial charge < -0.3 is 9.64 Å². The maximum absolute atomic E-state index is 13.9. The maximum Gasteiger partial charge on any atom is 0.254 e. The Morgan fingerprint density at radius 2 is 1.72 bits per heavy atom. The van der Waals surface area contributed by atoms with Gasteiger partial charge in [0.15, 0.2) is 11.6 Å². The zero-order valence-electron chi connectivity index (χ0n) is 16.2. The van der Waals surface area contributed by atoms with Crippen molar-refractivity contribution in [2.45, 2.75) is 24.2 Å². The zero-order chi connectivity index (χ0) is 20.6. The van der Waals surface area contributed by atoms with E-state index in [-0.39, 0.29) is 43.4 Å². The summed E-state index contributed by atoms with van der Waals surface area (Å²) in [5.74, 6) is -0.843. The van der Waals surface area contributed by atoms with E-state index >= 15 is 0 Å². The Hall–Kier alpha value is -2.45. The fraction of sp³-hybridized carbons (Fsp3) is 0.381. The van der Waals surface area contributed by atoms with Crippen molar-refractivity contribution in [1.82, 2.24) is 9.21 Å². The molecule has 1 saturated heterocycles. The lowest BCUT2D eigenvalue weighted by Gasteiger charge is -2.34. The van der Waals surface area contributed by atoms with Gasteiger partial charge in [0.1, 0.15) is 0 Å². The van der Waals surface area contributed by atoms with Crippen molar-refractivity contribution in [3.63, 3.8) is 0 Å². The average molecular weight is 418 g/mol. The lowest BCUT2D eigenvalue weighted by molar-refractivity contribution is 0.0697. The SMILES string of the molecule is COc1ccc(C(=O)N2CCN(S(=O)(=O)c3ccc4c(c3)CCC4)CC2)cc1F. The first-order valence-corrected chi connectivity index (χ1v) is 11.1. The number of fused-ring (bicyclic) bond motifs is 1. The largest absolute Gasteiger partial charge is 0.494 e. The summed E-state index contributed by atoms with van der Waals surface area (Å²) in [5.41, 5.74) is 2.56. The molecule has 2 aromatic rings. The molecule has 0 saturated carbocycles. The monoisotopic (exact) mass is 418 g/mol. The highest BCUT2D eigenvalue weighted by molar-refractivity contribution is 7.89. The van der Waals surface area contributed by atoms with E-state index in [1.54, 1.807) is 17.0 Å². The van der Waals surface area contributed by atoms with Gasteiger partial charge in [0.25, 0.3) is 5.91 Å². The van der Waals surface area contributed by atoms with Crippen LogP contribution >= 0.6 is 0 Å². The summed E-state index contributed by atoms with van der Waals surface area (Å²) in [5, 5.41) is 0. The van der Waals surface area contributed by atoms with Crippen LogP contribution in [0.4, 0.5) is 4.39 Å². The average Bonchev–Trinajstić information content (AvgIpc) is 3.21. The molecular weight excluding hydrogens is 395 g/mol. The minimum atomic E-state index is -3.59. The maximum atomic E-state index is 13.9. The lowest BCUT2D eigenvalue weighted by atomic mass is 10.1. The van der Waals surface area contributed by atoms with Crippen LogP contribution in [0.1, 0.15) is 27.9 Å². The molecule has 0 atom stereocenters. The van der Waals surface area contributed by atoms with Gasteiger partial charge in [-0.05, 0) is 60.7 Å². The topological polar surface area (TPSA) is 66.9 Å². The summed E-state index contributed by atoms with van der Waals surface area (Å²) in [6.07, 6.45) is 2.98. The molecule has 154 valence electrons. The van der Waals surface area contributed by atoms with Gasteiger partial charge in [-0.2, -0.15) is 4.31 Å². The predicted molar refractivity (Wildman–Crippen MR) is 106 cm³/mol. The fourth-order valence-corrected chi connectivity index (χ4v) is 5.44. The van der Waals surface area contributed by atoms with Crippen LogP contribution in [-0.2, 0) is 22.9 Å². The van der Waals surface area contributed by atoms with Gasteiger partial charge in [-0.15, -0.1) is 0 Å². The van der Waals surface area contributed by atoms with Gasteiger partial charge in [0.05, 0.1) is 12.0 Å². The molecule has 1 aliphatic carbocycles. The number of carbonyl (C=O) groups excluding carboxylic acids is 1. The molecule has 8 heteroatoms. The summed E-state index contributed by atoms with van der Waals surface area (Å²) in [6.45, 7) is 0.945. The molecule has 0 bridgehead atoms. The van der Waals surface area contributed by atoms with Gasteiger partial charge >= 0.3 is 0 Å². The molecule has 2 aromatic carbocycles. The minimum Gasteiger partial charge on any atom is -0.494 e. The van der Waals surface area contributed by atoms with E-state index in [9.17, 15) is 17.6 Å². The normalized spacial score (nSPS) is 17.2. The Kier molecular flexibility index (Phi) is 5.31. The van der Waals surface area contributed by atoms with Crippen molar-refractivity contribution in [3.8, 4) is 5.75 Å². The Morgan fingerprint density at radius 1 is 1.00 bits per heavy atom. The molecule has 1 heterocycles. The van der Waals surface area contributed by atoms with E-state index in [1.807, 2.05) is 6.07 Å². The number of amides is 1. The van der Waals surface area contributed by atoms with Gasteiger partial charge in [0.2, 0.25) is 10.0 Å². The number of sulfonamides is 1. The van der Waals surface area contributed by atoms with Gasteiger partial charge in [0, 0.05) is 31.7 Å². The van der Waals surface area contributed by atoms with Crippen LogP contribution in [0.15, 0.2) is 41.3 Å². The molecule has 0 aromatic heterocycles. The third kappa shape index (κ3) is 3.74. The summed E-state index contributed by atoms with van der Waals surface area (Å²) in [6, 6.07) is 9.45. The molecule has 29 heavy (non-hydrogen) atoms. The van der Waals surface area contributed by atoms with E-state index in [0.29, 0.717) is 4.90 Å². The Bertz CT molecular complexity index is 1050. The summed E-state index contributed by atoms with van der Waals surface area (Å²) >= 11 is 0. The second-order valence-corrected chi connectivity index (χ2v) is 9.27. The summed E-state index contributed by atoms with van der Waals surface area (Å²) in [7, 11) is -2.23. The van der Waals surface area contributed by atoms with Crippen LogP contribution in [0.2, 0.25) is 0 Å². The molecular formula is C21H23FN2O4S. The van der Waals surface area contributed by atoms with Crippen molar-refractivity contribution in [1.29, 1.82) is 0 Å². The first-order chi connectivity index (χ1) is 13.9. The Morgan fingerprint density at radius 3 is 2.41 bits per heavy atom. The smallest absolute Gasteiger partial charge is 0.254 e. The first kappa shape index (κ1) is 19.8. The number of methoxy groups -OCH3 is 1. The molecule has 0 N–H and O–H groups in total. The lowest BCUT2D eigenvalue weighted by Crippen LogP contribution is -2.50. The summed E-state index contributed by atoms with van der Waals surface area (Å²) < 4.78 is 46.2. The number of halogens is 1. The standard InChI is InChI=1S/C21H23FN2O4S/c1-28-20-8-6-17(14-19(20)22)21(25)23-9-11-24(12-10-23)29(26,27)18-7-5-15-3-2-4-16(15)13-18/h5-8,13-14H,2-4,9-12H2,1H3. The van der Waals surface area contributed by atoms with E-state index in [2.05, 4.69) is 0 Å². The molecule has 0 spiro atoms. The first-order valence-electron chi connectivity index (χ1n) is 9.65.